The van der Waals surface area contributed by atoms with Gasteiger partial charge in [0, 0.05) is 5.92 Å². The Labute approximate surface area is 96.1 Å². The lowest BCUT2D eigenvalue weighted by Gasteiger charge is -2.24. The number of para-hydroxylation sites is 2. The SMILES string of the molecule is CC1CCCC(c2nc3ccccc3[nH]2)C1. The van der Waals surface area contributed by atoms with E-state index < -0.39 is 0 Å². The summed E-state index contributed by atoms with van der Waals surface area (Å²) in [6.07, 6.45) is 5.32. The molecule has 1 aromatic heterocycles. The number of nitrogens with one attached hydrogen (secondary N) is 1. The van der Waals surface area contributed by atoms with E-state index in [-0.39, 0.29) is 0 Å². The van der Waals surface area contributed by atoms with Crippen LogP contribution in [-0.2, 0) is 0 Å². The number of nitrogens with zero attached hydrogens (tertiary/aromatic N) is 1. The molecular weight excluding hydrogens is 196 g/mol. The molecule has 1 heterocycles. The third-order valence-corrected chi connectivity index (χ3v) is 3.73. The summed E-state index contributed by atoms with van der Waals surface area (Å²) in [5, 5.41) is 0. The van der Waals surface area contributed by atoms with Gasteiger partial charge in [0.25, 0.3) is 0 Å². The predicted molar refractivity (Wildman–Crippen MR) is 66.5 cm³/mol. The van der Waals surface area contributed by atoms with Crippen molar-refractivity contribution in [3.63, 3.8) is 0 Å². The Kier molecular flexibility index (Phi) is 2.43. The molecule has 1 aliphatic rings. The van der Waals surface area contributed by atoms with Crippen LogP contribution in [0.15, 0.2) is 24.3 Å². The summed E-state index contributed by atoms with van der Waals surface area (Å²) in [5.41, 5.74) is 2.28. The molecule has 1 N–H and O–H groups in total. The highest BCUT2D eigenvalue weighted by Gasteiger charge is 2.22. The summed E-state index contributed by atoms with van der Waals surface area (Å²) >= 11 is 0. The molecule has 1 aromatic carbocycles. The average molecular weight is 214 g/mol. The number of hydrogen-bond acceptors (Lipinski definition) is 1. The van der Waals surface area contributed by atoms with Gasteiger partial charge < -0.3 is 4.98 Å². The van der Waals surface area contributed by atoms with Crippen LogP contribution in [0, 0.1) is 5.92 Å². The lowest BCUT2D eigenvalue weighted by Crippen LogP contribution is -2.12. The van der Waals surface area contributed by atoms with Crippen molar-refractivity contribution in [2.24, 2.45) is 5.92 Å². The molecule has 16 heavy (non-hydrogen) atoms. The number of benzene rings is 1. The van der Waals surface area contributed by atoms with Gasteiger partial charge in [0.2, 0.25) is 0 Å². The highest BCUT2D eigenvalue weighted by molar-refractivity contribution is 5.74. The maximum atomic E-state index is 4.72. The Balaban J connectivity index is 1.93. The third kappa shape index (κ3) is 1.73. The zero-order valence-corrected chi connectivity index (χ0v) is 9.74. The fourth-order valence-electron chi connectivity index (χ4n) is 2.85. The van der Waals surface area contributed by atoms with Crippen molar-refractivity contribution in [1.82, 2.24) is 9.97 Å². The highest BCUT2D eigenvalue weighted by Crippen LogP contribution is 2.35. The topological polar surface area (TPSA) is 28.7 Å². The van der Waals surface area contributed by atoms with Gasteiger partial charge in [0.1, 0.15) is 5.82 Å². The minimum absolute atomic E-state index is 0.649. The molecule has 2 heteroatoms. The molecule has 0 bridgehead atoms. The monoisotopic (exact) mass is 214 g/mol. The van der Waals surface area contributed by atoms with Crippen LogP contribution < -0.4 is 0 Å². The summed E-state index contributed by atoms with van der Waals surface area (Å²) in [5.74, 6) is 2.70. The van der Waals surface area contributed by atoms with Crippen LogP contribution in [-0.4, -0.2) is 9.97 Å². The molecule has 0 radical (unpaired) electrons. The van der Waals surface area contributed by atoms with Gasteiger partial charge in [0.15, 0.2) is 0 Å². The van der Waals surface area contributed by atoms with Crippen molar-refractivity contribution in [3.8, 4) is 0 Å². The number of hydrogen-bond donors (Lipinski definition) is 1. The minimum Gasteiger partial charge on any atom is -0.342 e. The van der Waals surface area contributed by atoms with Crippen molar-refractivity contribution in [2.45, 2.75) is 38.5 Å². The van der Waals surface area contributed by atoms with Gasteiger partial charge in [-0.2, -0.15) is 0 Å². The van der Waals surface area contributed by atoms with Gasteiger partial charge in [-0.15, -0.1) is 0 Å². The van der Waals surface area contributed by atoms with Crippen molar-refractivity contribution < 1.29 is 0 Å². The van der Waals surface area contributed by atoms with E-state index in [4.69, 9.17) is 4.98 Å². The molecule has 84 valence electrons. The maximum Gasteiger partial charge on any atom is 0.110 e. The molecule has 0 aliphatic heterocycles. The first-order valence-corrected chi connectivity index (χ1v) is 6.27. The summed E-state index contributed by atoms with van der Waals surface area (Å²) in [6, 6.07) is 8.31. The van der Waals surface area contributed by atoms with Gasteiger partial charge in [-0.3, -0.25) is 0 Å². The lowest BCUT2D eigenvalue weighted by molar-refractivity contribution is 0.337. The van der Waals surface area contributed by atoms with Crippen molar-refractivity contribution in [3.05, 3.63) is 30.1 Å². The molecule has 1 fully saturated rings. The van der Waals surface area contributed by atoms with Crippen LogP contribution >= 0.6 is 0 Å². The Morgan fingerprint density at radius 3 is 2.94 bits per heavy atom. The third-order valence-electron chi connectivity index (χ3n) is 3.73. The zero-order valence-electron chi connectivity index (χ0n) is 9.74. The number of H-pyrrole nitrogens is 1. The quantitative estimate of drug-likeness (QED) is 0.767. The van der Waals surface area contributed by atoms with Crippen LogP contribution in [0.4, 0.5) is 0 Å². The fraction of sp³-hybridized carbons (Fsp3) is 0.500. The van der Waals surface area contributed by atoms with Crippen molar-refractivity contribution in [2.75, 3.05) is 0 Å². The Morgan fingerprint density at radius 1 is 1.25 bits per heavy atom. The van der Waals surface area contributed by atoms with Crippen LogP contribution in [0.5, 0.6) is 0 Å². The highest BCUT2D eigenvalue weighted by atomic mass is 14.9. The predicted octanol–water partition coefficient (Wildman–Crippen LogP) is 3.86. The molecule has 0 amide bonds. The van der Waals surface area contributed by atoms with E-state index in [1.54, 1.807) is 0 Å². The van der Waals surface area contributed by atoms with Gasteiger partial charge in [-0.1, -0.05) is 31.9 Å². The Hall–Kier alpha value is -1.31. The number of fused-ring (bicyclic) bond motifs is 1. The molecule has 2 unspecified atom stereocenters. The van der Waals surface area contributed by atoms with Crippen LogP contribution in [0.2, 0.25) is 0 Å². The van der Waals surface area contributed by atoms with E-state index in [0.717, 1.165) is 11.4 Å². The first kappa shape index (κ1) is 9.88. The molecule has 2 atom stereocenters. The first-order valence-electron chi connectivity index (χ1n) is 6.27. The summed E-state index contributed by atoms with van der Waals surface area (Å²) < 4.78 is 0. The largest absolute Gasteiger partial charge is 0.342 e. The molecule has 1 aliphatic carbocycles. The first-order chi connectivity index (χ1) is 7.83. The lowest BCUT2D eigenvalue weighted by atomic mass is 9.82. The van der Waals surface area contributed by atoms with Gasteiger partial charge in [-0.25, -0.2) is 4.98 Å². The van der Waals surface area contributed by atoms with E-state index >= 15 is 0 Å². The molecule has 0 saturated heterocycles. The van der Waals surface area contributed by atoms with E-state index in [1.165, 1.54) is 37.0 Å². The molecular formula is C14H18N2. The maximum absolute atomic E-state index is 4.72. The van der Waals surface area contributed by atoms with E-state index in [0.29, 0.717) is 5.92 Å². The van der Waals surface area contributed by atoms with E-state index in [2.05, 4.69) is 36.2 Å². The second kappa shape index (κ2) is 3.93. The van der Waals surface area contributed by atoms with Gasteiger partial charge in [0.05, 0.1) is 11.0 Å². The Morgan fingerprint density at radius 2 is 2.12 bits per heavy atom. The zero-order chi connectivity index (χ0) is 11.0. The number of imidazole rings is 1. The number of aromatic nitrogens is 2. The standard InChI is InChI=1S/C14H18N2/c1-10-5-4-6-11(9-10)14-15-12-7-2-3-8-13(12)16-14/h2-3,7-8,10-11H,4-6,9H2,1H3,(H,15,16). The van der Waals surface area contributed by atoms with Gasteiger partial charge >= 0.3 is 0 Å². The smallest absolute Gasteiger partial charge is 0.110 e. The fourth-order valence-corrected chi connectivity index (χ4v) is 2.85. The second-order valence-corrected chi connectivity index (χ2v) is 5.11. The molecule has 2 nitrogen and oxygen atoms in total. The second-order valence-electron chi connectivity index (χ2n) is 5.11. The van der Waals surface area contributed by atoms with Crippen LogP contribution in [0.25, 0.3) is 11.0 Å². The van der Waals surface area contributed by atoms with Crippen LogP contribution in [0.3, 0.4) is 0 Å². The molecule has 1 saturated carbocycles. The van der Waals surface area contributed by atoms with Crippen molar-refractivity contribution >= 4 is 11.0 Å². The summed E-state index contributed by atoms with van der Waals surface area (Å²) in [4.78, 5) is 8.19. The normalized spacial score (nSPS) is 26.1. The number of aromatic amines is 1. The minimum atomic E-state index is 0.649. The molecule has 3 rings (SSSR count). The van der Waals surface area contributed by atoms with Gasteiger partial charge in [-0.05, 0) is 30.9 Å². The summed E-state index contributed by atoms with van der Waals surface area (Å²) in [6.45, 7) is 2.36. The number of rotatable bonds is 1. The summed E-state index contributed by atoms with van der Waals surface area (Å²) in [7, 11) is 0. The van der Waals surface area contributed by atoms with Crippen molar-refractivity contribution in [1.29, 1.82) is 0 Å². The molecule has 0 spiro atoms. The van der Waals surface area contributed by atoms with Crippen LogP contribution in [0.1, 0.15) is 44.3 Å². The van der Waals surface area contributed by atoms with E-state index in [1.807, 2.05) is 0 Å². The Bertz CT molecular complexity index is 453. The average Bonchev–Trinajstić information content (AvgIpc) is 2.72. The molecule has 2 aromatic rings. The van der Waals surface area contributed by atoms with E-state index in [9.17, 15) is 0 Å².